The van der Waals surface area contributed by atoms with Crippen LogP contribution in [0.2, 0.25) is 5.02 Å². The van der Waals surface area contributed by atoms with E-state index in [4.69, 9.17) is 11.6 Å². The molecule has 29 heavy (non-hydrogen) atoms. The molecule has 144 valence electrons. The Bertz CT molecular complexity index is 1170. The van der Waals surface area contributed by atoms with Crippen LogP contribution in [0.4, 0.5) is 5.69 Å². The Morgan fingerprint density at radius 2 is 1.76 bits per heavy atom. The molecule has 1 heterocycles. The molecule has 1 N–H and O–H groups in total. The van der Waals surface area contributed by atoms with Gasteiger partial charge in [-0.3, -0.25) is 4.79 Å². The van der Waals surface area contributed by atoms with E-state index in [1.807, 2.05) is 67.6 Å². The Labute approximate surface area is 181 Å². The van der Waals surface area contributed by atoms with Gasteiger partial charge in [-0.15, -0.1) is 5.10 Å². The summed E-state index contributed by atoms with van der Waals surface area (Å²) in [6, 6.07) is 22.6. The number of hydrogen-bond acceptors (Lipinski definition) is 3. The van der Waals surface area contributed by atoms with Gasteiger partial charge in [0.25, 0.3) is 5.91 Å². The lowest BCUT2D eigenvalue weighted by Gasteiger charge is -2.06. The average Bonchev–Trinajstić information content (AvgIpc) is 3.17. The number of amides is 1. The fraction of sp³-hybridized carbons (Fsp3) is 0.0455. The SMILES string of the molecule is Cc1ccc(Cl)cc1NC(=O)c1nc(-c2ccc(Br)cc2)n(-c2ccccc2)n1. The zero-order valence-corrected chi connectivity index (χ0v) is 17.8. The molecule has 3 aromatic carbocycles. The van der Waals surface area contributed by atoms with E-state index in [2.05, 4.69) is 31.3 Å². The number of nitrogens with one attached hydrogen (secondary N) is 1. The van der Waals surface area contributed by atoms with Gasteiger partial charge in [0.2, 0.25) is 5.82 Å². The molecule has 0 unspecified atom stereocenters. The van der Waals surface area contributed by atoms with Gasteiger partial charge in [0.15, 0.2) is 5.82 Å². The van der Waals surface area contributed by atoms with Crippen LogP contribution in [0.3, 0.4) is 0 Å². The lowest BCUT2D eigenvalue weighted by molar-refractivity contribution is 0.101. The van der Waals surface area contributed by atoms with Crippen LogP contribution in [0.25, 0.3) is 17.1 Å². The molecule has 0 bridgehead atoms. The standard InChI is InChI=1S/C22H16BrClN4O/c1-14-7-12-17(24)13-19(14)25-22(29)20-26-21(15-8-10-16(23)11-9-15)28(27-20)18-5-3-2-4-6-18/h2-13H,1H3,(H,25,29). The van der Waals surface area contributed by atoms with E-state index in [9.17, 15) is 4.79 Å². The third-order valence-electron chi connectivity index (χ3n) is 4.36. The summed E-state index contributed by atoms with van der Waals surface area (Å²) < 4.78 is 2.63. The number of anilines is 1. The highest BCUT2D eigenvalue weighted by atomic mass is 79.9. The van der Waals surface area contributed by atoms with Crippen molar-refractivity contribution < 1.29 is 4.79 Å². The zero-order chi connectivity index (χ0) is 20.4. The summed E-state index contributed by atoms with van der Waals surface area (Å²) in [4.78, 5) is 17.4. The first-order valence-electron chi connectivity index (χ1n) is 8.87. The first-order chi connectivity index (χ1) is 14.0. The van der Waals surface area contributed by atoms with Crippen LogP contribution in [0.1, 0.15) is 16.2 Å². The average molecular weight is 468 g/mol. The Hall–Kier alpha value is -2.96. The molecule has 0 radical (unpaired) electrons. The molecule has 0 aliphatic rings. The highest BCUT2D eigenvalue weighted by molar-refractivity contribution is 9.10. The molecule has 0 aliphatic heterocycles. The minimum absolute atomic E-state index is 0.0751. The number of aryl methyl sites for hydroxylation is 1. The molecule has 0 spiro atoms. The predicted octanol–water partition coefficient (Wildman–Crippen LogP) is 5.91. The number of aromatic nitrogens is 3. The van der Waals surface area contributed by atoms with E-state index in [1.165, 1.54) is 0 Å². The van der Waals surface area contributed by atoms with Gasteiger partial charge in [-0.1, -0.05) is 63.9 Å². The van der Waals surface area contributed by atoms with Crippen molar-refractivity contribution in [3.8, 4) is 17.1 Å². The molecule has 0 atom stereocenters. The minimum Gasteiger partial charge on any atom is -0.319 e. The topological polar surface area (TPSA) is 59.8 Å². The first kappa shape index (κ1) is 19.4. The second kappa shape index (κ2) is 8.19. The molecule has 0 saturated heterocycles. The molecule has 0 saturated carbocycles. The van der Waals surface area contributed by atoms with Crippen LogP contribution in [-0.2, 0) is 0 Å². The van der Waals surface area contributed by atoms with Gasteiger partial charge in [-0.25, -0.2) is 9.67 Å². The van der Waals surface area contributed by atoms with E-state index in [-0.39, 0.29) is 5.82 Å². The first-order valence-corrected chi connectivity index (χ1v) is 10.0. The summed E-state index contributed by atoms with van der Waals surface area (Å²) in [5.41, 5.74) is 3.19. The highest BCUT2D eigenvalue weighted by Crippen LogP contribution is 2.24. The molecular formula is C22H16BrClN4O. The molecule has 5 nitrogen and oxygen atoms in total. The second-order valence-corrected chi connectivity index (χ2v) is 7.78. The summed E-state index contributed by atoms with van der Waals surface area (Å²) in [6.45, 7) is 1.90. The van der Waals surface area contributed by atoms with Crippen LogP contribution in [0, 0.1) is 6.92 Å². The summed E-state index contributed by atoms with van der Waals surface area (Å²) in [5, 5.41) is 7.87. The van der Waals surface area contributed by atoms with Gasteiger partial charge in [-0.05, 0) is 48.9 Å². The monoisotopic (exact) mass is 466 g/mol. The van der Waals surface area contributed by atoms with Crippen molar-refractivity contribution in [2.24, 2.45) is 0 Å². The zero-order valence-electron chi connectivity index (χ0n) is 15.4. The maximum atomic E-state index is 12.9. The van der Waals surface area contributed by atoms with Crippen molar-refractivity contribution in [3.05, 3.63) is 93.7 Å². The maximum Gasteiger partial charge on any atom is 0.295 e. The van der Waals surface area contributed by atoms with Gasteiger partial charge in [-0.2, -0.15) is 0 Å². The lowest BCUT2D eigenvalue weighted by Crippen LogP contribution is -2.15. The molecule has 0 fully saturated rings. The van der Waals surface area contributed by atoms with Crippen molar-refractivity contribution in [1.29, 1.82) is 0 Å². The van der Waals surface area contributed by atoms with Crippen molar-refractivity contribution in [3.63, 3.8) is 0 Å². The van der Waals surface area contributed by atoms with Crippen molar-refractivity contribution in [2.45, 2.75) is 6.92 Å². The fourth-order valence-corrected chi connectivity index (χ4v) is 3.29. The van der Waals surface area contributed by atoms with Crippen molar-refractivity contribution >= 4 is 39.1 Å². The number of carbonyl (C=O) groups excluding carboxylic acids is 1. The molecule has 1 amide bonds. The maximum absolute atomic E-state index is 12.9. The summed E-state index contributed by atoms with van der Waals surface area (Å²) >= 11 is 9.50. The third kappa shape index (κ3) is 4.23. The smallest absolute Gasteiger partial charge is 0.295 e. The van der Waals surface area contributed by atoms with Crippen LogP contribution in [-0.4, -0.2) is 20.7 Å². The van der Waals surface area contributed by atoms with Gasteiger partial charge in [0.05, 0.1) is 5.69 Å². The normalized spacial score (nSPS) is 10.7. The summed E-state index contributed by atoms with van der Waals surface area (Å²) in [5.74, 6) is 0.256. The Balaban J connectivity index is 1.75. The number of benzene rings is 3. The number of nitrogens with zero attached hydrogens (tertiary/aromatic N) is 3. The van der Waals surface area contributed by atoms with Crippen LogP contribution in [0.15, 0.2) is 77.3 Å². The van der Waals surface area contributed by atoms with Gasteiger partial charge in [0, 0.05) is 20.7 Å². The second-order valence-electron chi connectivity index (χ2n) is 6.43. The number of carbonyl (C=O) groups is 1. The number of halogens is 2. The summed E-state index contributed by atoms with van der Waals surface area (Å²) in [6.07, 6.45) is 0. The number of rotatable bonds is 4. The predicted molar refractivity (Wildman–Crippen MR) is 119 cm³/mol. The van der Waals surface area contributed by atoms with E-state index in [0.29, 0.717) is 16.5 Å². The van der Waals surface area contributed by atoms with E-state index in [0.717, 1.165) is 21.3 Å². The molecule has 0 aliphatic carbocycles. The number of hydrogen-bond donors (Lipinski definition) is 1. The van der Waals surface area contributed by atoms with Crippen LogP contribution >= 0.6 is 27.5 Å². The van der Waals surface area contributed by atoms with Crippen molar-refractivity contribution in [2.75, 3.05) is 5.32 Å². The quantitative estimate of drug-likeness (QED) is 0.406. The van der Waals surface area contributed by atoms with Crippen LogP contribution in [0.5, 0.6) is 0 Å². The summed E-state index contributed by atoms with van der Waals surface area (Å²) in [7, 11) is 0. The lowest BCUT2D eigenvalue weighted by atomic mass is 10.2. The largest absolute Gasteiger partial charge is 0.319 e. The van der Waals surface area contributed by atoms with Crippen molar-refractivity contribution in [1.82, 2.24) is 14.8 Å². The molecule has 1 aromatic heterocycles. The van der Waals surface area contributed by atoms with E-state index < -0.39 is 5.91 Å². The number of para-hydroxylation sites is 1. The Morgan fingerprint density at radius 1 is 1.03 bits per heavy atom. The van der Waals surface area contributed by atoms with E-state index >= 15 is 0 Å². The van der Waals surface area contributed by atoms with Gasteiger partial charge < -0.3 is 5.32 Å². The minimum atomic E-state index is -0.400. The Kier molecular flexibility index (Phi) is 5.47. The third-order valence-corrected chi connectivity index (χ3v) is 5.13. The molecular weight excluding hydrogens is 452 g/mol. The fourth-order valence-electron chi connectivity index (χ4n) is 2.85. The van der Waals surface area contributed by atoms with Crippen LogP contribution < -0.4 is 5.32 Å². The Morgan fingerprint density at radius 3 is 2.48 bits per heavy atom. The molecule has 4 rings (SSSR count). The van der Waals surface area contributed by atoms with Gasteiger partial charge in [0.1, 0.15) is 0 Å². The molecule has 7 heteroatoms. The van der Waals surface area contributed by atoms with E-state index in [1.54, 1.807) is 16.8 Å². The van der Waals surface area contributed by atoms with Gasteiger partial charge >= 0.3 is 0 Å². The molecule has 4 aromatic rings. The highest BCUT2D eigenvalue weighted by Gasteiger charge is 2.19.